The van der Waals surface area contributed by atoms with Crippen molar-refractivity contribution >= 4 is 30.0 Å². The van der Waals surface area contributed by atoms with Crippen LogP contribution in [-0.2, 0) is 16.0 Å². The number of fused-ring (bicyclic) bond motifs is 1. The maximum atomic E-state index is 11.5. The number of rotatable bonds is 1. The lowest BCUT2D eigenvalue weighted by atomic mass is 9.94. The van der Waals surface area contributed by atoms with Crippen molar-refractivity contribution < 1.29 is 9.53 Å². The minimum absolute atomic E-state index is 0. The molecule has 2 rings (SSSR count). The molecule has 1 atom stereocenters. The Balaban J connectivity index is 0.00000128. The van der Waals surface area contributed by atoms with Crippen LogP contribution in [0.15, 0.2) is 18.2 Å². The van der Waals surface area contributed by atoms with Crippen molar-refractivity contribution in [1.29, 1.82) is 0 Å². The number of methoxy groups -OCH3 is 1. The lowest BCUT2D eigenvalue weighted by Gasteiger charge is -2.24. The molecule has 16 heavy (non-hydrogen) atoms. The summed E-state index contributed by atoms with van der Waals surface area (Å²) in [6.45, 7) is 0.786. The fourth-order valence-electron chi connectivity index (χ4n) is 1.85. The minimum Gasteiger partial charge on any atom is -0.468 e. The standard InChI is InChI=1S/C11H12ClNO2.ClH/c1-15-11(14)10-9-6-8(12)3-2-7(9)4-5-13-10;/h2-3,6,10,13H,4-5H2,1H3;1H. The van der Waals surface area contributed by atoms with Crippen LogP contribution in [0.25, 0.3) is 0 Å². The summed E-state index contributed by atoms with van der Waals surface area (Å²) in [4.78, 5) is 11.5. The van der Waals surface area contributed by atoms with Crippen molar-refractivity contribution in [3.63, 3.8) is 0 Å². The zero-order valence-corrected chi connectivity index (χ0v) is 10.4. The van der Waals surface area contributed by atoms with Crippen LogP contribution in [0.5, 0.6) is 0 Å². The molecular formula is C11H13Cl2NO2. The van der Waals surface area contributed by atoms with Crippen LogP contribution in [0.3, 0.4) is 0 Å². The summed E-state index contributed by atoms with van der Waals surface area (Å²) in [5.74, 6) is -0.266. The first-order valence-electron chi connectivity index (χ1n) is 4.82. The number of esters is 1. The van der Waals surface area contributed by atoms with Crippen molar-refractivity contribution in [3.05, 3.63) is 34.3 Å². The van der Waals surface area contributed by atoms with Crippen LogP contribution in [0.2, 0.25) is 5.02 Å². The van der Waals surface area contributed by atoms with Crippen LogP contribution in [0.4, 0.5) is 0 Å². The maximum absolute atomic E-state index is 11.5. The number of carbonyl (C=O) groups is 1. The predicted molar refractivity (Wildman–Crippen MR) is 65.2 cm³/mol. The van der Waals surface area contributed by atoms with Crippen LogP contribution >= 0.6 is 24.0 Å². The first-order chi connectivity index (χ1) is 7.22. The van der Waals surface area contributed by atoms with Gasteiger partial charge in [-0.25, -0.2) is 4.79 Å². The van der Waals surface area contributed by atoms with Gasteiger partial charge in [-0.15, -0.1) is 12.4 Å². The van der Waals surface area contributed by atoms with Gasteiger partial charge in [0.2, 0.25) is 0 Å². The Labute approximate surface area is 106 Å². The van der Waals surface area contributed by atoms with Gasteiger partial charge in [0.15, 0.2) is 0 Å². The second-order valence-corrected chi connectivity index (χ2v) is 3.94. The summed E-state index contributed by atoms with van der Waals surface area (Å²) >= 11 is 5.91. The highest BCUT2D eigenvalue weighted by Gasteiger charge is 2.26. The molecule has 0 saturated carbocycles. The highest BCUT2D eigenvalue weighted by atomic mass is 35.5. The molecule has 0 radical (unpaired) electrons. The smallest absolute Gasteiger partial charge is 0.327 e. The first-order valence-corrected chi connectivity index (χ1v) is 5.19. The molecule has 1 aliphatic rings. The Bertz CT molecular complexity index is 396. The lowest BCUT2D eigenvalue weighted by molar-refractivity contribution is -0.143. The molecule has 3 nitrogen and oxygen atoms in total. The van der Waals surface area contributed by atoms with E-state index >= 15 is 0 Å². The summed E-state index contributed by atoms with van der Waals surface area (Å²) in [7, 11) is 1.39. The number of ether oxygens (including phenoxy) is 1. The Kier molecular flexibility index (Phi) is 4.59. The molecule has 0 fully saturated rings. The third-order valence-corrected chi connectivity index (χ3v) is 2.83. The van der Waals surface area contributed by atoms with E-state index in [0.717, 1.165) is 24.1 Å². The highest BCUT2D eigenvalue weighted by molar-refractivity contribution is 6.30. The molecule has 0 saturated heterocycles. The average molecular weight is 262 g/mol. The quantitative estimate of drug-likeness (QED) is 0.788. The number of hydrogen-bond donors (Lipinski definition) is 1. The van der Waals surface area contributed by atoms with Crippen molar-refractivity contribution in [2.45, 2.75) is 12.5 Å². The number of nitrogens with one attached hydrogen (secondary N) is 1. The van der Waals surface area contributed by atoms with Gasteiger partial charge in [-0.05, 0) is 29.7 Å². The number of benzene rings is 1. The third-order valence-electron chi connectivity index (χ3n) is 2.60. The van der Waals surface area contributed by atoms with Gasteiger partial charge in [-0.1, -0.05) is 17.7 Å². The molecule has 1 heterocycles. The summed E-state index contributed by atoms with van der Waals surface area (Å²) in [6, 6.07) is 5.26. The molecular weight excluding hydrogens is 249 g/mol. The minimum atomic E-state index is -0.377. The third kappa shape index (κ3) is 2.48. The van der Waals surface area contributed by atoms with Crippen LogP contribution in [0.1, 0.15) is 17.2 Å². The molecule has 1 aromatic rings. The fraction of sp³-hybridized carbons (Fsp3) is 0.364. The Morgan fingerprint density at radius 2 is 2.31 bits per heavy atom. The maximum Gasteiger partial charge on any atom is 0.327 e. The van der Waals surface area contributed by atoms with Crippen molar-refractivity contribution in [2.24, 2.45) is 0 Å². The summed E-state index contributed by atoms with van der Waals surface area (Å²) < 4.78 is 4.74. The van der Waals surface area contributed by atoms with Crippen LogP contribution in [0, 0.1) is 0 Å². The van der Waals surface area contributed by atoms with E-state index in [-0.39, 0.29) is 24.4 Å². The van der Waals surface area contributed by atoms with Crippen LogP contribution < -0.4 is 5.32 Å². The summed E-state index contributed by atoms with van der Waals surface area (Å²) in [5.41, 5.74) is 2.09. The predicted octanol–water partition coefficient (Wildman–Crippen LogP) is 2.12. The highest BCUT2D eigenvalue weighted by Crippen LogP contribution is 2.26. The molecule has 1 N–H and O–H groups in total. The molecule has 88 valence electrons. The molecule has 5 heteroatoms. The second-order valence-electron chi connectivity index (χ2n) is 3.50. The van der Waals surface area contributed by atoms with Gasteiger partial charge >= 0.3 is 5.97 Å². The summed E-state index contributed by atoms with van der Waals surface area (Å²) in [6.07, 6.45) is 0.917. The molecule has 0 aliphatic carbocycles. The van der Waals surface area contributed by atoms with Gasteiger partial charge in [0.1, 0.15) is 6.04 Å². The molecule has 1 aromatic carbocycles. The van der Waals surface area contributed by atoms with Crippen molar-refractivity contribution in [2.75, 3.05) is 13.7 Å². The van der Waals surface area contributed by atoms with E-state index in [0.29, 0.717) is 5.02 Å². The molecule has 0 bridgehead atoms. The van der Waals surface area contributed by atoms with E-state index in [1.807, 2.05) is 18.2 Å². The van der Waals surface area contributed by atoms with E-state index < -0.39 is 0 Å². The zero-order chi connectivity index (χ0) is 10.8. The number of hydrogen-bond acceptors (Lipinski definition) is 3. The van der Waals surface area contributed by atoms with E-state index in [1.54, 1.807) is 0 Å². The van der Waals surface area contributed by atoms with E-state index in [1.165, 1.54) is 7.11 Å². The Morgan fingerprint density at radius 3 is 3.00 bits per heavy atom. The molecule has 1 aliphatic heterocycles. The van der Waals surface area contributed by atoms with Crippen molar-refractivity contribution in [1.82, 2.24) is 5.32 Å². The first kappa shape index (κ1) is 13.3. The van der Waals surface area contributed by atoms with Crippen LogP contribution in [-0.4, -0.2) is 19.6 Å². The number of halogens is 2. The molecule has 0 aromatic heterocycles. The van der Waals surface area contributed by atoms with Gasteiger partial charge in [0, 0.05) is 11.6 Å². The lowest BCUT2D eigenvalue weighted by Crippen LogP contribution is -2.35. The van der Waals surface area contributed by atoms with Gasteiger partial charge in [0.05, 0.1) is 7.11 Å². The topological polar surface area (TPSA) is 38.3 Å². The summed E-state index contributed by atoms with van der Waals surface area (Å²) in [5, 5.41) is 3.76. The molecule has 0 amide bonds. The SMILES string of the molecule is COC(=O)C1NCCc2ccc(Cl)cc21.Cl. The Hall–Kier alpha value is -0.770. The molecule has 1 unspecified atom stereocenters. The van der Waals surface area contributed by atoms with Crippen molar-refractivity contribution in [3.8, 4) is 0 Å². The van der Waals surface area contributed by atoms with E-state index in [2.05, 4.69) is 5.32 Å². The van der Waals surface area contributed by atoms with Gasteiger partial charge in [-0.2, -0.15) is 0 Å². The largest absolute Gasteiger partial charge is 0.468 e. The number of carbonyl (C=O) groups excluding carboxylic acids is 1. The van der Waals surface area contributed by atoms with E-state index in [9.17, 15) is 4.79 Å². The second kappa shape index (κ2) is 5.53. The van der Waals surface area contributed by atoms with E-state index in [4.69, 9.17) is 16.3 Å². The Morgan fingerprint density at radius 1 is 1.56 bits per heavy atom. The fourth-order valence-corrected chi connectivity index (χ4v) is 2.03. The van der Waals surface area contributed by atoms with Gasteiger partial charge < -0.3 is 10.1 Å². The van der Waals surface area contributed by atoms with Gasteiger partial charge in [0.25, 0.3) is 0 Å². The zero-order valence-electron chi connectivity index (χ0n) is 8.83. The normalized spacial score (nSPS) is 18.2. The van der Waals surface area contributed by atoms with Gasteiger partial charge in [-0.3, -0.25) is 0 Å². The monoisotopic (exact) mass is 261 g/mol. The average Bonchev–Trinajstić information content (AvgIpc) is 2.27. The molecule has 0 spiro atoms.